The molecular weight excluding hydrogens is 220 g/mol. The molecule has 0 aliphatic rings. The second-order valence-electron chi connectivity index (χ2n) is 3.42. The number of hydrogen-bond acceptors (Lipinski definition) is 4. The fourth-order valence-electron chi connectivity index (χ4n) is 1.40. The first-order valence-corrected chi connectivity index (χ1v) is 5.07. The molecule has 1 aromatic heterocycles. The monoisotopic (exact) mass is 232 g/mol. The maximum absolute atomic E-state index is 11.4. The lowest BCUT2D eigenvalue weighted by molar-refractivity contribution is 0.0532. The molecule has 1 N–H and O–H groups in total. The van der Waals surface area contributed by atoms with Crippen LogP contribution in [0.1, 0.15) is 16.1 Å². The van der Waals surface area contributed by atoms with E-state index in [1.165, 1.54) is 7.11 Å². The Labute approximate surface area is 98.2 Å². The fraction of sp³-hybridized carbons (Fsp3) is 0.182. The highest BCUT2D eigenvalue weighted by atomic mass is 16.6. The van der Waals surface area contributed by atoms with Crippen molar-refractivity contribution in [1.29, 1.82) is 0 Å². The average Bonchev–Trinajstić information content (AvgIpc) is 2.79. The number of hydrogen-bond donors (Lipinski definition) is 1. The summed E-state index contributed by atoms with van der Waals surface area (Å²) in [6, 6.07) is 9.81. The third-order valence-corrected chi connectivity index (χ3v) is 2.15. The summed E-state index contributed by atoms with van der Waals surface area (Å²) in [6.45, 7) is 0.577. The summed E-state index contributed by atoms with van der Waals surface area (Å²) in [5, 5.41) is 7.62. The third-order valence-electron chi connectivity index (χ3n) is 2.15. The number of amides is 1. The zero-order chi connectivity index (χ0) is 12.1. The second-order valence-corrected chi connectivity index (χ2v) is 3.42. The van der Waals surface area contributed by atoms with Crippen LogP contribution in [0.5, 0.6) is 0 Å². The fourth-order valence-corrected chi connectivity index (χ4v) is 1.40. The van der Waals surface area contributed by atoms with Gasteiger partial charge in [-0.15, -0.1) is 5.10 Å². The smallest absolute Gasteiger partial charge is 0.277 e. The van der Waals surface area contributed by atoms with Crippen LogP contribution in [-0.2, 0) is 11.4 Å². The van der Waals surface area contributed by atoms with E-state index in [9.17, 15) is 4.79 Å². The van der Waals surface area contributed by atoms with Gasteiger partial charge >= 0.3 is 0 Å². The predicted octanol–water partition coefficient (Wildman–Crippen LogP) is 0.618. The highest BCUT2D eigenvalue weighted by Gasteiger charge is 2.09. The molecule has 0 unspecified atom stereocenters. The molecule has 0 fully saturated rings. The van der Waals surface area contributed by atoms with Crippen molar-refractivity contribution < 1.29 is 9.63 Å². The van der Waals surface area contributed by atoms with Gasteiger partial charge in [-0.05, 0) is 5.56 Å². The van der Waals surface area contributed by atoms with Gasteiger partial charge in [-0.1, -0.05) is 35.5 Å². The summed E-state index contributed by atoms with van der Waals surface area (Å²) in [5.74, 6) is -0.410. The van der Waals surface area contributed by atoms with Gasteiger partial charge in [-0.3, -0.25) is 9.63 Å². The number of benzene rings is 1. The van der Waals surface area contributed by atoms with Crippen LogP contribution in [0.15, 0.2) is 36.5 Å². The summed E-state index contributed by atoms with van der Waals surface area (Å²) in [7, 11) is 1.37. The third kappa shape index (κ3) is 2.88. The van der Waals surface area contributed by atoms with Gasteiger partial charge < -0.3 is 0 Å². The number of rotatable bonds is 4. The standard InChI is InChI=1S/C11H12N4O2/c1-17-13-11(16)10-8-15(14-12-10)7-9-5-3-2-4-6-9/h2-6,8H,7H2,1H3,(H,13,16). The lowest BCUT2D eigenvalue weighted by atomic mass is 10.2. The molecule has 2 rings (SSSR count). The van der Waals surface area contributed by atoms with Crippen LogP contribution >= 0.6 is 0 Å². The first-order chi connectivity index (χ1) is 8.29. The van der Waals surface area contributed by atoms with Crippen molar-refractivity contribution in [3.8, 4) is 0 Å². The molecule has 1 amide bonds. The molecule has 0 atom stereocenters. The van der Waals surface area contributed by atoms with Gasteiger partial charge in [-0.25, -0.2) is 10.2 Å². The van der Waals surface area contributed by atoms with Gasteiger partial charge in [0, 0.05) is 0 Å². The first kappa shape index (κ1) is 11.3. The Morgan fingerprint density at radius 3 is 2.88 bits per heavy atom. The minimum absolute atomic E-state index is 0.225. The number of nitrogens with zero attached hydrogens (tertiary/aromatic N) is 3. The molecule has 0 saturated carbocycles. The Bertz CT molecular complexity index is 495. The Morgan fingerprint density at radius 2 is 2.18 bits per heavy atom. The van der Waals surface area contributed by atoms with Gasteiger partial charge in [0.1, 0.15) is 0 Å². The Hall–Kier alpha value is -2.21. The number of carbonyl (C=O) groups is 1. The normalized spacial score (nSPS) is 10.2. The molecule has 17 heavy (non-hydrogen) atoms. The molecule has 0 bridgehead atoms. The van der Waals surface area contributed by atoms with E-state index in [1.807, 2.05) is 30.3 Å². The summed E-state index contributed by atoms with van der Waals surface area (Å²) >= 11 is 0. The molecule has 0 radical (unpaired) electrons. The lowest BCUT2D eigenvalue weighted by Gasteiger charge is -1.99. The zero-order valence-corrected chi connectivity index (χ0v) is 9.33. The van der Waals surface area contributed by atoms with Gasteiger partial charge in [0.25, 0.3) is 5.91 Å². The van der Waals surface area contributed by atoms with E-state index in [0.29, 0.717) is 6.54 Å². The maximum Gasteiger partial charge on any atom is 0.296 e. The highest BCUT2D eigenvalue weighted by Crippen LogP contribution is 2.02. The molecule has 0 aliphatic carbocycles. The van der Waals surface area contributed by atoms with Gasteiger partial charge in [-0.2, -0.15) is 0 Å². The van der Waals surface area contributed by atoms with Crippen LogP contribution in [0, 0.1) is 0 Å². The largest absolute Gasteiger partial charge is 0.296 e. The molecule has 0 aliphatic heterocycles. The summed E-state index contributed by atoms with van der Waals surface area (Å²) < 4.78 is 1.60. The van der Waals surface area contributed by atoms with E-state index in [1.54, 1.807) is 10.9 Å². The van der Waals surface area contributed by atoms with Crippen molar-refractivity contribution in [3.05, 3.63) is 47.8 Å². The van der Waals surface area contributed by atoms with Crippen LogP contribution in [0.4, 0.5) is 0 Å². The average molecular weight is 232 g/mol. The first-order valence-electron chi connectivity index (χ1n) is 5.07. The highest BCUT2D eigenvalue weighted by molar-refractivity contribution is 5.90. The van der Waals surface area contributed by atoms with Crippen LogP contribution in [0.25, 0.3) is 0 Å². The van der Waals surface area contributed by atoms with Gasteiger partial charge in [0.15, 0.2) is 5.69 Å². The van der Waals surface area contributed by atoms with Crippen molar-refractivity contribution in [2.45, 2.75) is 6.54 Å². The summed E-state index contributed by atoms with van der Waals surface area (Å²) in [6.07, 6.45) is 1.57. The van der Waals surface area contributed by atoms with E-state index < -0.39 is 5.91 Å². The van der Waals surface area contributed by atoms with Crippen molar-refractivity contribution in [1.82, 2.24) is 20.5 Å². The molecule has 88 valence electrons. The van der Waals surface area contributed by atoms with E-state index in [4.69, 9.17) is 0 Å². The van der Waals surface area contributed by atoms with E-state index >= 15 is 0 Å². The van der Waals surface area contributed by atoms with E-state index in [0.717, 1.165) is 5.56 Å². The topological polar surface area (TPSA) is 69.0 Å². The lowest BCUT2D eigenvalue weighted by Crippen LogP contribution is -2.22. The number of hydroxylamine groups is 1. The minimum Gasteiger partial charge on any atom is -0.277 e. The zero-order valence-electron chi connectivity index (χ0n) is 9.33. The van der Waals surface area contributed by atoms with Crippen molar-refractivity contribution >= 4 is 5.91 Å². The van der Waals surface area contributed by atoms with E-state index in [2.05, 4.69) is 20.6 Å². The SMILES string of the molecule is CONC(=O)c1cn(Cc2ccccc2)nn1. The molecule has 6 heteroatoms. The van der Waals surface area contributed by atoms with E-state index in [-0.39, 0.29) is 5.69 Å². The van der Waals surface area contributed by atoms with Crippen LogP contribution in [-0.4, -0.2) is 28.0 Å². The molecule has 2 aromatic rings. The number of nitrogens with one attached hydrogen (secondary N) is 1. The molecule has 0 saturated heterocycles. The number of aromatic nitrogens is 3. The molecule has 1 aromatic carbocycles. The van der Waals surface area contributed by atoms with Crippen molar-refractivity contribution in [3.63, 3.8) is 0 Å². The van der Waals surface area contributed by atoms with Gasteiger partial charge in [0.2, 0.25) is 0 Å². The minimum atomic E-state index is -0.410. The predicted molar refractivity (Wildman–Crippen MR) is 60.0 cm³/mol. The van der Waals surface area contributed by atoms with Crippen LogP contribution in [0.3, 0.4) is 0 Å². The Balaban J connectivity index is 2.06. The van der Waals surface area contributed by atoms with Crippen molar-refractivity contribution in [2.75, 3.05) is 7.11 Å². The van der Waals surface area contributed by atoms with Crippen LogP contribution < -0.4 is 5.48 Å². The molecule has 0 spiro atoms. The van der Waals surface area contributed by atoms with Gasteiger partial charge in [0.05, 0.1) is 19.9 Å². The van der Waals surface area contributed by atoms with Crippen LogP contribution in [0.2, 0.25) is 0 Å². The van der Waals surface area contributed by atoms with Crippen molar-refractivity contribution in [2.24, 2.45) is 0 Å². The Morgan fingerprint density at radius 1 is 1.41 bits per heavy atom. The molecule has 6 nitrogen and oxygen atoms in total. The molecule has 1 heterocycles. The molecular formula is C11H12N4O2. The maximum atomic E-state index is 11.4. The quantitative estimate of drug-likeness (QED) is 0.784. The number of carbonyl (C=O) groups excluding carboxylic acids is 1. The summed E-state index contributed by atoms with van der Waals surface area (Å²) in [4.78, 5) is 15.9. The Kier molecular flexibility index (Phi) is 3.46. The summed E-state index contributed by atoms with van der Waals surface area (Å²) in [5.41, 5.74) is 3.50. The second kappa shape index (κ2) is 5.22.